The zero-order valence-corrected chi connectivity index (χ0v) is 21.4. The molecule has 2 aromatic heterocycles. The number of piperidine rings is 1. The summed E-state index contributed by atoms with van der Waals surface area (Å²) in [7, 11) is 1.64. The van der Waals surface area contributed by atoms with Crippen molar-refractivity contribution in [3.8, 4) is 5.88 Å². The Balaban J connectivity index is 1.67. The minimum absolute atomic E-state index is 0.0395. The second-order valence-corrected chi connectivity index (χ2v) is 9.86. The number of rotatable bonds is 7. The SMILES string of the molecule is COc1nc2ncnc(N[C@H](C)c3cccc(C(C)(F)F)c3C)c2cc1C1CCN(C(C)C)CC1. The Kier molecular flexibility index (Phi) is 7.22. The zero-order chi connectivity index (χ0) is 25.3. The minimum atomic E-state index is -2.90. The Hall–Kier alpha value is -2.87. The summed E-state index contributed by atoms with van der Waals surface area (Å²) in [6.45, 7) is 11.2. The van der Waals surface area contributed by atoms with Gasteiger partial charge in [-0.25, -0.2) is 18.7 Å². The van der Waals surface area contributed by atoms with Gasteiger partial charge in [-0.1, -0.05) is 18.2 Å². The molecular formula is C27H35F2N5O. The molecule has 1 saturated heterocycles. The number of hydrogen-bond acceptors (Lipinski definition) is 6. The molecule has 3 heterocycles. The van der Waals surface area contributed by atoms with Gasteiger partial charge in [0.05, 0.1) is 18.5 Å². The fraction of sp³-hybridized carbons (Fsp3) is 0.519. The third-order valence-corrected chi connectivity index (χ3v) is 7.18. The summed E-state index contributed by atoms with van der Waals surface area (Å²) in [5, 5.41) is 4.23. The molecule has 1 fully saturated rings. The molecular weight excluding hydrogens is 448 g/mol. The fourth-order valence-electron chi connectivity index (χ4n) is 5.17. The van der Waals surface area contributed by atoms with Gasteiger partial charge in [0.15, 0.2) is 5.65 Å². The van der Waals surface area contributed by atoms with Gasteiger partial charge in [-0.3, -0.25) is 0 Å². The van der Waals surface area contributed by atoms with E-state index in [1.165, 1.54) is 12.4 Å². The van der Waals surface area contributed by atoms with E-state index in [9.17, 15) is 8.78 Å². The topological polar surface area (TPSA) is 63.2 Å². The number of fused-ring (bicyclic) bond motifs is 1. The summed E-state index contributed by atoms with van der Waals surface area (Å²) in [5.74, 6) is -1.33. The van der Waals surface area contributed by atoms with Crippen molar-refractivity contribution in [2.24, 2.45) is 0 Å². The lowest BCUT2D eigenvalue weighted by Gasteiger charge is -2.35. The molecule has 0 unspecified atom stereocenters. The van der Waals surface area contributed by atoms with Gasteiger partial charge in [-0.2, -0.15) is 4.98 Å². The molecule has 1 N–H and O–H groups in total. The van der Waals surface area contributed by atoms with Crippen LogP contribution in [0.5, 0.6) is 5.88 Å². The van der Waals surface area contributed by atoms with Crippen LogP contribution in [0.3, 0.4) is 0 Å². The first kappa shape index (κ1) is 25.2. The molecule has 0 aliphatic carbocycles. The van der Waals surface area contributed by atoms with Crippen LogP contribution in [0, 0.1) is 6.92 Å². The van der Waals surface area contributed by atoms with Gasteiger partial charge in [-0.05, 0) is 76.7 Å². The van der Waals surface area contributed by atoms with Crippen molar-refractivity contribution in [2.45, 2.75) is 71.4 Å². The molecule has 0 radical (unpaired) electrons. The largest absolute Gasteiger partial charge is 0.481 e. The maximum Gasteiger partial charge on any atom is 0.270 e. The van der Waals surface area contributed by atoms with Gasteiger partial charge < -0.3 is 15.0 Å². The number of hydrogen-bond donors (Lipinski definition) is 1. The predicted octanol–water partition coefficient (Wildman–Crippen LogP) is 6.21. The Morgan fingerprint density at radius 2 is 1.86 bits per heavy atom. The highest BCUT2D eigenvalue weighted by atomic mass is 19.3. The van der Waals surface area contributed by atoms with Crippen LogP contribution in [0.4, 0.5) is 14.6 Å². The van der Waals surface area contributed by atoms with E-state index in [1.54, 1.807) is 20.1 Å². The van der Waals surface area contributed by atoms with Crippen LogP contribution in [0.2, 0.25) is 0 Å². The molecule has 188 valence electrons. The lowest BCUT2D eigenvalue weighted by molar-refractivity contribution is 0.0167. The molecule has 0 spiro atoms. The highest BCUT2D eigenvalue weighted by molar-refractivity contribution is 5.87. The number of nitrogens with zero attached hydrogens (tertiary/aromatic N) is 4. The summed E-state index contributed by atoms with van der Waals surface area (Å²) >= 11 is 0. The van der Waals surface area contributed by atoms with E-state index >= 15 is 0 Å². The average Bonchev–Trinajstić information content (AvgIpc) is 2.82. The van der Waals surface area contributed by atoms with Crippen molar-refractivity contribution < 1.29 is 13.5 Å². The van der Waals surface area contributed by atoms with Crippen molar-refractivity contribution in [1.29, 1.82) is 0 Å². The molecule has 4 rings (SSSR count). The number of methoxy groups -OCH3 is 1. The molecule has 1 atom stereocenters. The lowest BCUT2D eigenvalue weighted by Crippen LogP contribution is -2.37. The summed E-state index contributed by atoms with van der Waals surface area (Å²) in [6, 6.07) is 7.43. The normalized spacial score (nSPS) is 16.6. The average molecular weight is 484 g/mol. The van der Waals surface area contributed by atoms with Crippen LogP contribution in [0.1, 0.15) is 74.8 Å². The first-order valence-corrected chi connectivity index (χ1v) is 12.3. The van der Waals surface area contributed by atoms with Crippen LogP contribution in [-0.2, 0) is 5.92 Å². The van der Waals surface area contributed by atoms with Crippen molar-refractivity contribution in [1.82, 2.24) is 19.9 Å². The highest BCUT2D eigenvalue weighted by Gasteiger charge is 2.29. The Morgan fingerprint density at radius 3 is 2.49 bits per heavy atom. The van der Waals surface area contributed by atoms with E-state index < -0.39 is 5.92 Å². The number of ether oxygens (including phenoxy) is 1. The highest BCUT2D eigenvalue weighted by Crippen LogP contribution is 2.38. The van der Waals surface area contributed by atoms with E-state index in [0.29, 0.717) is 34.9 Å². The van der Waals surface area contributed by atoms with E-state index in [1.807, 2.05) is 13.0 Å². The zero-order valence-electron chi connectivity index (χ0n) is 21.4. The van der Waals surface area contributed by atoms with E-state index in [0.717, 1.165) is 49.4 Å². The number of pyridine rings is 1. The predicted molar refractivity (Wildman–Crippen MR) is 135 cm³/mol. The molecule has 1 aromatic carbocycles. The molecule has 35 heavy (non-hydrogen) atoms. The fourth-order valence-corrected chi connectivity index (χ4v) is 5.17. The molecule has 3 aromatic rings. The van der Waals surface area contributed by atoms with Gasteiger partial charge in [0.25, 0.3) is 5.92 Å². The maximum absolute atomic E-state index is 14.1. The molecule has 0 bridgehead atoms. The van der Waals surface area contributed by atoms with Crippen molar-refractivity contribution in [3.63, 3.8) is 0 Å². The molecule has 0 amide bonds. The van der Waals surface area contributed by atoms with Gasteiger partial charge in [0.2, 0.25) is 5.88 Å². The summed E-state index contributed by atoms with van der Waals surface area (Å²) in [4.78, 5) is 16.1. The van der Waals surface area contributed by atoms with Crippen LogP contribution >= 0.6 is 0 Å². The monoisotopic (exact) mass is 483 g/mol. The van der Waals surface area contributed by atoms with E-state index in [4.69, 9.17) is 9.72 Å². The van der Waals surface area contributed by atoms with Crippen molar-refractivity contribution in [2.75, 3.05) is 25.5 Å². The second-order valence-electron chi connectivity index (χ2n) is 9.86. The molecule has 0 saturated carbocycles. The van der Waals surface area contributed by atoms with Gasteiger partial charge >= 0.3 is 0 Å². The number of halogens is 2. The Labute approximate surface area is 206 Å². The second kappa shape index (κ2) is 10.0. The van der Waals surface area contributed by atoms with E-state index in [-0.39, 0.29) is 11.6 Å². The molecule has 1 aliphatic heterocycles. The number of alkyl halides is 2. The van der Waals surface area contributed by atoms with E-state index in [2.05, 4.69) is 40.1 Å². The molecule has 8 heteroatoms. The lowest BCUT2D eigenvalue weighted by atomic mass is 9.89. The quantitative estimate of drug-likeness (QED) is 0.431. The van der Waals surface area contributed by atoms with Crippen LogP contribution in [-0.4, -0.2) is 46.1 Å². The third-order valence-electron chi connectivity index (χ3n) is 7.18. The number of anilines is 1. The van der Waals surface area contributed by atoms with Crippen LogP contribution in [0.25, 0.3) is 11.0 Å². The minimum Gasteiger partial charge on any atom is -0.481 e. The first-order chi connectivity index (χ1) is 16.6. The van der Waals surface area contributed by atoms with Crippen LogP contribution < -0.4 is 10.1 Å². The smallest absolute Gasteiger partial charge is 0.270 e. The maximum atomic E-state index is 14.1. The van der Waals surface area contributed by atoms with Crippen molar-refractivity contribution in [3.05, 3.63) is 52.8 Å². The van der Waals surface area contributed by atoms with Crippen molar-refractivity contribution >= 4 is 16.9 Å². The number of aromatic nitrogens is 3. The Bertz CT molecular complexity index is 1190. The first-order valence-electron chi connectivity index (χ1n) is 12.3. The van der Waals surface area contributed by atoms with Crippen LogP contribution in [0.15, 0.2) is 30.6 Å². The number of benzene rings is 1. The molecule has 6 nitrogen and oxygen atoms in total. The summed E-state index contributed by atoms with van der Waals surface area (Å²) in [6.07, 6.45) is 3.53. The van der Waals surface area contributed by atoms with Gasteiger partial charge in [-0.15, -0.1) is 0 Å². The number of nitrogens with one attached hydrogen (secondary N) is 1. The standard InChI is InChI=1S/C27H35F2N5O/c1-16(2)34-12-10-19(11-13-34)21-14-22-24(30-15-31-25(22)33-26(21)35-6)32-18(4)20-8-7-9-23(17(20)3)27(5,28)29/h7-9,14-16,18-19H,10-13H2,1-6H3,(H,30,31,32,33)/t18-/m1/s1. The number of likely N-dealkylation sites (tertiary alicyclic amines) is 1. The van der Waals surface area contributed by atoms with Gasteiger partial charge in [0.1, 0.15) is 12.1 Å². The van der Waals surface area contributed by atoms with Gasteiger partial charge in [0, 0.05) is 24.1 Å². The summed E-state index contributed by atoms with van der Waals surface area (Å²) < 4.78 is 33.8. The Morgan fingerprint density at radius 1 is 1.14 bits per heavy atom. The molecule has 1 aliphatic rings. The summed E-state index contributed by atoms with van der Waals surface area (Å²) in [5.41, 5.74) is 3.03. The third kappa shape index (κ3) is 5.22.